The average molecular weight is 276 g/mol. The third-order valence-electron chi connectivity index (χ3n) is 3.68. The van der Waals surface area contributed by atoms with Crippen molar-refractivity contribution in [3.05, 3.63) is 35.4 Å². The van der Waals surface area contributed by atoms with Gasteiger partial charge in [0.2, 0.25) is 5.91 Å². The Morgan fingerprint density at radius 2 is 2.35 bits per heavy atom. The van der Waals surface area contributed by atoms with E-state index < -0.39 is 0 Å². The van der Waals surface area contributed by atoms with Gasteiger partial charge < -0.3 is 15.4 Å². The van der Waals surface area contributed by atoms with Gasteiger partial charge in [0.25, 0.3) is 0 Å². The molecule has 2 N–H and O–H groups in total. The molecule has 110 valence electrons. The van der Waals surface area contributed by atoms with Crippen molar-refractivity contribution in [3.63, 3.8) is 0 Å². The Morgan fingerprint density at radius 1 is 1.50 bits per heavy atom. The van der Waals surface area contributed by atoms with Crippen molar-refractivity contribution in [2.45, 2.75) is 45.4 Å². The van der Waals surface area contributed by atoms with Gasteiger partial charge in [-0.2, -0.15) is 0 Å². The molecule has 0 radical (unpaired) electrons. The van der Waals surface area contributed by atoms with Crippen molar-refractivity contribution in [1.82, 2.24) is 10.6 Å². The molecule has 2 rings (SSSR count). The zero-order valence-electron chi connectivity index (χ0n) is 12.3. The summed E-state index contributed by atoms with van der Waals surface area (Å²) in [7, 11) is 0. The van der Waals surface area contributed by atoms with E-state index in [0.29, 0.717) is 13.1 Å². The largest absolute Gasteiger partial charge is 0.377 e. The van der Waals surface area contributed by atoms with Crippen LogP contribution >= 0.6 is 0 Å². The first-order valence-corrected chi connectivity index (χ1v) is 7.32. The van der Waals surface area contributed by atoms with Crippen LogP contribution in [-0.2, 0) is 16.1 Å². The second-order valence-corrected chi connectivity index (χ2v) is 5.49. The number of nitrogens with one attached hydrogen (secondary N) is 2. The Bertz CT molecular complexity index is 442. The van der Waals surface area contributed by atoms with Crippen molar-refractivity contribution in [3.8, 4) is 0 Å². The maximum absolute atomic E-state index is 11.8. The molecular formula is C16H24N2O2. The highest BCUT2D eigenvalue weighted by Gasteiger charge is 2.22. The molecule has 0 aliphatic carbocycles. The molecule has 20 heavy (non-hydrogen) atoms. The zero-order chi connectivity index (χ0) is 14.4. The van der Waals surface area contributed by atoms with Crippen molar-refractivity contribution < 1.29 is 9.53 Å². The fourth-order valence-electron chi connectivity index (χ4n) is 2.47. The monoisotopic (exact) mass is 276 g/mol. The van der Waals surface area contributed by atoms with Crippen LogP contribution in [0.15, 0.2) is 24.3 Å². The maximum atomic E-state index is 11.8. The molecule has 1 aromatic rings. The molecule has 1 saturated heterocycles. The summed E-state index contributed by atoms with van der Waals surface area (Å²) in [5.41, 5.74) is 2.34. The fraction of sp³-hybridized carbons (Fsp3) is 0.562. The van der Waals surface area contributed by atoms with Crippen LogP contribution in [0.25, 0.3) is 0 Å². The molecule has 1 heterocycles. The lowest BCUT2D eigenvalue weighted by Crippen LogP contribution is -2.42. The first kappa shape index (κ1) is 15.0. The summed E-state index contributed by atoms with van der Waals surface area (Å²) in [6, 6.07) is 8.39. The van der Waals surface area contributed by atoms with Crippen LogP contribution < -0.4 is 10.6 Å². The van der Waals surface area contributed by atoms with E-state index in [4.69, 9.17) is 4.74 Å². The van der Waals surface area contributed by atoms with Gasteiger partial charge in [-0.1, -0.05) is 29.8 Å². The minimum atomic E-state index is 0.0244. The molecule has 4 heteroatoms. The number of carbonyl (C=O) groups excluding carboxylic acids is 1. The van der Waals surface area contributed by atoms with E-state index in [1.807, 2.05) is 12.1 Å². The highest BCUT2D eigenvalue weighted by Crippen LogP contribution is 2.15. The minimum Gasteiger partial charge on any atom is -0.377 e. The molecule has 1 aliphatic rings. The van der Waals surface area contributed by atoms with Gasteiger partial charge in [0.05, 0.1) is 12.6 Å². The normalized spacial score (nSPS) is 19.8. The summed E-state index contributed by atoms with van der Waals surface area (Å²) in [6.45, 7) is 5.89. The molecule has 1 aromatic carbocycles. The minimum absolute atomic E-state index is 0.0244. The van der Waals surface area contributed by atoms with E-state index in [1.165, 1.54) is 5.56 Å². The fourth-order valence-corrected chi connectivity index (χ4v) is 2.47. The second kappa shape index (κ2) is 7.41. The van der Waals surface area contributed by atoms with Crippen molar-refractivity contribution in [2.75, 3.05) is 13.2 Å². The van der Waals surface area contributed by atoms with Crippen LogP contribution in [0.4, 0.5) is 0 Å². The summed E-state index contributed by atoms with van der Waals surface area (Å²) in [5.74, 6) is 0.0244. The number of ether oxygens (including phenoxy) is 1. The Hall–Kier alpha value is -1.39. The highest BCUT2D eigenvalue weighted by atomic mass is 16.5. The van der Waals surface area contributed by atoms with Gasteiger partial charge in [0.15, 0.2) is 0 Å². The number of carbonyl (C=O) groups is 1. The average Bonchev–Trinajstić information content (AvgIpc) is 2.97. The molecule has 1 amide bonds. The molecule has 2 atom stereocenters. The van der Waals surface area contributed by atoms with Gasteiger partial charge >= 0.3 is 0 Å². The molecule has 4 nitrogen and oxygen atoms in total. The van der Waals surface area contributed by atoms with Crippen molar-refractivity contribution >= 4 is 5.91 Å². The molecule has 0 saturated carbocycles. The molecular weight excluding hydrogens is 252 g/mol. The van der Waals surface area contributed by atoms with Gasteiger partial charge in [-0.25, -0.2) is 0 Å². The molecule has 1 fully saturated rings. The van der Waals surface area contributed by atoms with Gasteiger partial charge in [0.1, 0.15) is 0 Å². The first-order valence-electron chi connectivity index (χ1n) is 7.32. The zero-order valence-corrected chi connectivity index (χ0v) is 12.3. The van der Waals surface area contributed by atoms with Crippen molar-refractivity contribution in [1.29, 1.82) is 0 Å². The summed E-state index contributed by atoms with van der Waals surface area (Å²) in [4.78, 5) is 11.8. The number of amides is 1. The topological polar surface area (TPSA) is 50.4 Å². The standard InChI is InChI=1S/C16H24N2O2/c1-12-5-3-6-14(9-12)10-18-16(19)11-17-13(2)15-7-4-8-20-15/h3,5-6,9,13,15,17H,4,7-8,10-11H2,1-2H3,(H,18,19)/t13-,15+/m1/s1. The van der Waals surface area contributed by atoms with Crippen LogP contribution in [0.3, 0.4) is 0 Å². The lowest BCUT2D eigenvalue weighted by Gasteiger charge is -2.19. The van der Waals surface area contributed by atoms with Crippen LogP contribution in [0.5, 0.6) is 0 Å². The second-order valence-electron chi connectivity index (χ2n) is 5.49. The Morgan fingerprint density at radius 3 is 3.05 bits per heavy atom. The summed E-state index contributed by atoms with van der Waals surface area (Å²) >= 11 is 0. The number of benzene rings is 1. The van der Waals surface area contributed by atoms with E-state index in [-0.39, 0.29) is 18.1 Å². The molecule has 0 bridgehead atoms. The summed E-state index contributed by atoms with van der Waals surface area (Å²) < 4.78 is 5.60. The number of hydrogen-bond donors (Lipinski definition) is 2. The molecule has 0 aromatic heterocycles. The SMILES string of the molecule is Cc1cccc(CNC(=O)CN[C@H](C)[C@@H]2CCCO2)c1. The van der Waals surface area contributed by atoms with Crippen LogP contribution in [0.2, 0.25) is 0 Å². The maximum Gasteiger partial charge on any atom is 0.234 e. The van der Waals surface area contributed by atoms with Gasteiger partial charge in [-0.15, -0.1) is 0 Å². The molecule has 0 unspecified atom stereocenters. The van der Waals surface area contributed by atoms with Crippen LogP contribution in [0, 0.1) is 6.92 Å². The van der Waals surface area contributed by atoms with Crippen molar-refractivity contribution in [2.24, 2.45) is 0 Å². The van der Waals surface area contributed by atoms with E-state index in [2.05, 4.69) is 36.6 Å². The van der Waals surface area contributed by atoms with E-state index in [0.717, 1.165) is 25.0 Å². The Balaban J connectivity index is 1.67. The van der Waals surface area contributed by atoms with Gasteiger partial charge in [0, 0.05) is 19.2 Å². The van der Waals surface area contributed by atoms with Crippen LogP contribution in [0.1, 0.15) is 30.9 Å². The Kier molecular flexibility index (Phi) is 5.56. The Labute approximate surface area is 120 Å². The van der Waals surface area contributed by atoms with Gasteiger partial charge in [-0.3, -0.25) is 4.79 Å². The number of aryl methyl sites for hydroxylation is 1. The highest BCUT2D eigenvalue weighted by molar-refractivity contribution is 5.78. The predicted molar refractivity (Wildman–Crippen MR) is 79.5 cm³/mol. The van der Waals surface area contributed by atoms with Crippen LogP contribution in [-0.4, -0.2) is 31.2 Å². The summed E-state index contributed by atoms with van der Waals surface area (Å²) in [5, 5.41) is 6.16. The quantitative estimate of drug-likeness (QED) is 0.832. The lowest BCUT2D eigenvalue weighted by molar-refractivity contribution is -0.120. The molecule has 1 aliphatic heterocycles. The van der Waals surface area contributed by atoms with E-state index >= 15 is 0 Å². The third kappa shape index (κ3) is 4.62. The summed E-state index contributed by atoms with van der Waals surface area (Å²) in [6.07, 6.45) is 2.45. The third-order valence-corrected chi connectivity index (χ3v) is 3.68. The number of rotatable bonds is 6. The van der Waals surface area contributed by atoms with Gasteiger partial charge in [-0.05, 0) is 32.3 Å². The van der Waals surface area contributed by atoms with E-state index in [1.54, 1.807) is 0 Å². The number of hydrogen-bond acceptors (Lipinski definition) is 3. The van der Waals surface area contributed by atoms with E-state index in [9.17, 15) is 4.79 Å². The lowest BCUT2D eigenvalue weighted by atomic mass is 10.1. The first-order chi connectivity index (χ1) is 9.65. The predicted octanol–water partition coefficient (Wildman–Crippen LogP) is 1.77. The smallest absolute Gasteiger partial charge is 0.234 e. The molecule has 0 spiro atoms.